The number of guanidine groups is 2. The fraction of sp³-hybridized carbons (Fsp3) is 0.750. The van der Waals surface area contributed by atoms with E-state index < -0.39 is 0 Å². The molecule has 0 atom stereocenters. The Labute approximate surface area is 78.3 Å². The molecule has 0 aromatic heterocycles. The smallest absolute Gasteiger partial charge is 0.220 e. The number of nitrogens with two attached hydrogens (primary N) is 2. The molecule has 1 rings (SSSR count). The van der Waals surface area contributed by atoms with E-state index in [2.05, 4.69) is 4.99 Å². The zero-order valence-electron chi connectivity index (χ0n) is 7.95. The van der Waals surface area contributed by atoms with Crippen LogP contribution in [0.4, 0.5) is 0 Å². The van der Waals surface area contributed by atoms with Gasteiger partial charge in [0, 0.05) is 13.1 Å². The van der Waals surface area contributed by atoms with Crippen molar-refractivity contribution in [1.82, 2.24) is 4.90 Å². The van der Waals surface area contributed by atoms with E-state index in [0.717, 1.165) is 12.8 Å². The Balaban J connectivity index is 2.50. The van der Waals surface area contributed by atoms with Gasteiger partial charge in [-0.3, -0.25) is 5.41 Å². The number of nitrogens with one attached hydrogen (secondary N) is 1. The Hall–Kier alpha value is -1.26. The maximum atomic E-state index is 7.57. The molecule has 1 saturated carbocycles. The molecule has 0 unspecified atom stereocenters. The molecule has 0 spiro atoms. The number of aliphatic imine (C=N–C) groups is 1. The van der Waals surface area contributed by atoms with Crippen LogP contribution in [0.2, 0.25) is 0 Å². The second kappa shape index (κ2) is 4.11. The zero-order valence-corrected chi connectivity index (χ0v) is 7.95. The minimum absolute atomic E-state index is 0.0464. The molecule has 5 nitrogen and oxygen atoms in total. The maximum absolute atomic E-state index is 7.57. The first kappa shape index (κ1) is 9.83. The SMILES string of the molecule is CN(C(=N)N=C(N)N)C1CCCC1. The van der Waals surface area contributed by atoms with Gasteiger partial charge in [-0.15, -0.1) is 0 Å². The molecule has 13 heavy (non-hydrogen) atoms. The molecule has 74 valence electrons. The van der Waals surface area contributed by atoms with Crippen molar-refractivity contribution < 1.29 is 0 Å². The lowest BCUT2D eigenvalue weighted by Crippen LogP contribution is -2.36. The van der Waals surface area contributed by atoms with Crippen LogP contribution in [0.15, 0.2) is 4.99 Å². The van der Waals surface area contributed by atoms with Crippen LogP contribution in [-0.2, 0) is 0 Å². The fourth-order valence-electron chi connectivity index (χ4n) is 1.67. The summed E-state index contributed by atoms with van der Waals surface area (Å²) in [5, 5.41) is 7.57. The number of hydrogen-bond donors (Lipinski definition) is 3. The molecule has 5 N–H and O–H groups in total. The topological polar surface area (TPSA) is 91.5 Å². The summed E-state index contributed by atoms with van der Waals surface area (Å²) in [7, 11) is 1.87. The Kier molecular flexibility index (Phi) is 3.11. The highest BCUT2D eigenvalue weighted by Gasteiger charge is 2.21. The van der Waals surface area contributed by atoms with Crippen LogP contribution >= 0.6 is 0 Å². The van der Waals surface area contributed by atoms with Gasteiger partial charge in [0.25, 0.3) is 0 Å². The predicted octanol–water partition coefficient (Wildman–Crippen LogP) is 0.0690. The molecule has 0 aromatic rings. The first-order valence-corrected chi connectivity index (χ1v) is 4.52. The highest BCUT2D eigenvalue weighted by atomic mass is 15.3. The normalized spacial score (nSPS) is 17.0. The quantitative estimate of drug-likeness (QED) is 0.397. The Morgan fingerprint density at radius 2 is 1.92 bits per heavy atom. The molecule has 1 aliphatic rings. The average molecular weight is 183 g/mol. The molecule has 0 radical (unpaired) electrons. The fourth-order valence-corrected chi connectivity index (χ4v) is 1.67. The minimum atomic E-state index is -0.0464. The highest BCUT2D eigenvalue weighted by molar-refractivity contribution is 5.91. The van der Waals surface area contributed by atoms with Gasteiger partial charge in [-0.05, 0) is 12.8 Å². The number of nitrogens with zero attached hydrogens (tertiary/aromatic N) is 2. The monoisotopic (exact) mass is 183 g/mol. The van der Waals surface area contributed by atoms with Crippen LogP contribution in [-0.4, -0.2) is 29.9 Å². The van der Waals surface area contributed by atoms with Gasteiger partial charge < -0.3 is 16.4 Å². The van der Waals surface area contributed by atoms with E-state index in [4.69, 9.17) is 16.9 Å². The van der Waals surface area contributed by atoms with Crippen LogP contribution in [0.1, 0.15) is 25.7 Å². The van der Waals surface area contributed by atoms with E-state index in [1.165, 1.54) is 12.8 Å². The number of rotatable bonds is 1. The lowest BCUT2D eigenvalue weighted by atomic mass is 10.2. The summed E-state index contributed by atoms with van der Waals surface area (Å²) in [6.45, 7) is 0. The summed E-state index contributed by atoms with van der Waals surface area (Å²) in [5.74, 6) is 0.113. The van der Waals surface area contributed by atoms with Crippen LogP contribution in [0.3, 0.4) is 0 Å². The molecule has 1 aliphatic carbocycles. The number of hydrogen-bond acceptors (Lipinski definition) is 1. The molecular weight excluding hydrogens is 166 g/mol. The van der Waals surface area contributed by atoms with Gasteiger partial charge in [-0.2, -0.15) is 4.99 Å². The molecular formula is C8H17N5. The van der Waals surface area contributed by atoms with Crippen LogP contribution in [0.25, 0.3) is 0 Å². The second-order valence-electron chi connectivity index (χ2n) is 3.41. The molecule has 5 heteroatoms. The van der Waals surface area contributed by atoms with E-state index in [-0.39, 0.29) is 11.9 Å². The molecule has 0 aromatic carbocycles. The summed E-state index contributed by atoms with van der Waals surface area (Å²) in [4.78, 5) is 5.54. The van der Waals surface area contributed by atoms with E-state index >= 15 is 0 Å². The Bertz CT molecular complexity index is 213. The molecule has 0 bridgehead atoms. The summed E-state index contributed by atoms with van der Waals surface area (Å²) >= 11 is 0. The van der Waals surface area contributed by atoms with Gasteiger partial charge in [0.05, 0.1) is 0 Å². The van der Waals surface area contributed by atoms with E-state index in [1.807, 2.05) is 11.9 Å². The molecule has 0 aliphatic heterocycles. The van der Waals surface area contributed by atoms with E-state index in [1.54, 1.807) is 0 Å². The van der Waals surface area contributed by atoms with Gasteiger partial charge in [0.1, 0.15) is 0 Å². The van der Waals surface area contributed by atoms with Gasteiger partial charge in [0.15, 0.2) is 5.96 Å². The van der Waals surface area contributed by atoms with Crippen molar-refractivity contribution >= 4 is 11.9 Å². The molecule has 1 fully saturated rings. The zero-order chi connectivity index (χ0) is 9.84. The van der Waals surface area contributed by atoms with Crippen LogP contribution in [0, 0.1) is 5.41 Å². The highest BCUT2D eigenvalue weighted by Crippen LogP contribution is 2.22. The lowest BCUT2D eigenvalue weighted by molar-refractivity contribution is 0.366. The largest absolute Gasteiger partial charge is 0.370 e. The lowest BCUT2D eigenvalue weighted by Gasteiger charge is -2.23. The van der Waals surface area contributed by atoms with Gasteiger partial charge in [0.2, 0.25) is 5.96 Å². The van der Waals surface area contributed by atoms with Crippen LogP contribution < -0.4 is 11.5 Å². The van der Waals surface area contributed by atoms with Crippen molar-refractivity contribution in [3.05, 3.63) is 0 Å². The molecule has 0 heterocycles. The summed E-state index contributed by atoms with van der Waals surface area (Å²) < 4.78 is 0. The van der Waals surface area contributed by atoms with Crippen molar-refractivity contribution in [2.24, 2.45) is 16.5 Å². The van der Waals surface area contributed by atoms with Crippen LogP contribution in [0.5, 0.6) is 0 Å². The summed E-state index contributed by atoms with van der Waals surface area (Å²) in [5.41, 5.74) is 10.4. The third-order valence-corrected chi connectivity index (χ3v) is 2.44. The van der Waals surface area contributed by atoms with Crippen molar-refractivity contribution in [3.8, 4) is 0 Å². The Morgan fingerprint density at radius 1 is 1.38 bits per heavy atom. The van der Waals surface area contributed by atoms with E-state index in [9.17, 15) is 0 Å². The predicted molar refractivity (Wildman–Crippen MR) is 53.6 cm³/mol. The van der Waals surface area contributed by atoms with Gasteiger partial charge in [-0.1, -0.05) is 12.8 Å². The van der Waals surface area contributed by atoms with Gasteiger partial charge in [-0.25, -0.2) is 0 Å². The third-order valence-electron chi connectivity index (χ3n) is 2.44. The first-order chi connectivity index (χ1) is 6.11. The van der Waals surface area contributed by atoms with Crippen molar-refractivity contribution in [2.75, 3.05) is 7.05 Å². The second-order valence-corrected chi connectivity index (χ2v) is 3.41. The minimum Gasteiger partial charge on any atom is -0.370 e. The maximum Gasteiger partial charge on any atom is 0.220 e. The molecule has 0 saturated heterocycles. The standard InChI is InChI=1S/C8H17N5/c1-13(6-4-2-3-5-6)8(11)12-7(9)10/h6H,2-5H2,1H3,(H5,9,10,11,12). The third kappa shape index (κ3) is 2.61. The average Bonchev–Trinajstić information content (AvgIpc) is 2.53. The summed E-state index contributed by atoms with van der Waals surface area (Å²) in [6, 6.07) is 0.440. The van der Waals surface area contributed by atoms with Crippen molar-refractivity contribution in [3.63, 3.8) is 0 Å². The first-order valence-electron chi connectivity index (χ1n) is 4.52. The van der Waals surface area contributed by atoms with Gasteiger partial charge >= 0.3 is 0 Å². The Morgan fingerprint density at radius 3 is 2.38 bits per heavy atom. The molecule has 0 amide bonds. The van der Waals surface area contributed by atoms with Crippen molar-refractivity contribution in [2.45, 2.75) is 31.7 Å². The van der Waals surface area contributed by atoms with E-state index in [0.29, 0.717) is 6.04 Å². The van der Waals surface area contributed by atoms with Crippen molar-refractivity contribution in [1.29, 1.82) is 5.41 Å². The summed E-state index contributed by atoms with van der Waals surface area (Å²) in [6.07, 6.45) is 4.76.